The molecule has 1 saturated heterocycles. The third-order valence-corrected chi connectivity index (χ3v) is 4.79. The van der Waals surface area contributed by atoms with Crippen LogP contribution >= 0.6 is 24.0 Å². The number of benzene rings is 1. The maximum atomic E-state index is 13.4. The lowest BCUT2D eigenvalue weighted by Gasteiger charge is -2.32. The summed E-state index contributed by atoms with van der Waals surface area (Å²) in [5.41, 5.74) is 1.70. The molecule has 1 aliphatic rings. The van der Waals surface area contributed by atoms with E-state index in [4.69, 9.17) is 0 Å². The molecule has 4 nitrogen and oxygen atoms in total. The molecule has 6 heteroatoms. The van der Waals surface area contributed by atoms with E-state index in [1.165, 1.54) is 45.0 Å². The van der Waals surface area contributed by atoms with Gasteiger partial charge in [0.15, 0.2) is 5.96 Å². The average Bonchev–Trinajstić information content (AvgIpc) is 2.62. The molecular weight excluding hydrogens is 442 g/mol. The molecule has 2 N–H and O–H groups in total. The van der Waals surface area contributed by atoms with Crippen molar-refractivity contribution in [1.29, 1.82) is 0 Å². The lowest BCUT2D eigenvalue weighted by Crippen LogP contribution is -2.43. The van der Waals surface area contributed by atoms with Crippen molar-refractivity contribution in [2.75, 3.05) is 32.7 Å². The highest BCUT2D eigenvalue weighted by atomic mass is 127. The molecule has 0 aliphatic carbocycles. The van der Waals surface area contributed by atoms with Gasteiger partial charge in [0.1, 0.15) is 5.82 Å². The fourth-order valence-electron chi connectivity index (χ4n) is 3.29. The number of aliphatic imine (C=N–C) groups is 1. The van der Waals surface area contributed by atoms with Gasteiger partial charge in [0.25, 0.3) is 0 Å². The Bertz CT molecular complexity index is 557. The van der Waals surface area contributed by atoms with Crippen LogP contribution in [0.3, 0.4) is 0 Å². The molecule has 1 aromatic carbocycles. The molecule has 1 aromatic rings. The zero-order valence-corrected chi connectivity index (χ0v) is 18.7. The van der Waals surface area contributed by atoms with Gasteiger partial charge >= 0.3 is 0 Å². The van der Waals surface area contributed by atoms with E-state index in [0.29, 0.717) is 18.0 Å². The minimum atomic E-state index is -0.160. The van der Waals surface area contributed by atoms with Crippen LogP contribution in [0, 0.1) is 18.7 Å². The summed E-state index contributed by atoms with van der Waals surface area (Å²) in [6, 6.07) is 5.19. The minimum Gasteiger partial charge on any atom is -0.357 e. The number of nitrogens with one attached hydrogen (secondary N) is 2. The zero-order valence-electron chi connectivity index (χ0n) is 16.4. The summed E-state index contributed by atoms with van der Waals surface area (Å²) in [7, 11) is 0. The Balaban J connectivity index is 0.00000338. The summed E-state index contributed by atoms with van der Waals surface area (Å²) in [6.45, 7) is 12.1. The molecule has 148 valence electrons. The smallest absolute Gasteiger partial charge is 0.191 e. The van der Waals surface area contributed by atoms with Gasteiger partial charge in [0.05, 0.1) is 6.54 Å². The van der Waals surface area contributed by atoms with Crippen molar-refractivity contribution in [1.82, 2.24) is 15.5 Å². The predicted molar refractivity (Wildman–Crippen MR) is 119 cm³/mol. The first-order chi connectivity index (χ1) is 12.1. The number of hydrogen-bond acceptors (Lipinski definition) is 2. The molecule has 0 atom stereocenters. The van der Waals surface area contributed by atoms with Crippen LogP contribution in [-0.4, -0.2) is 43.6 Å². The van der Waals surface area contributed by atoms with Crippen LogP contribution in [0.5, 0.6) is 0 Å². The van der Waals surface area contributed by atoms with Gasteiger partial charge in [-0.2, -0.15) is 0 Å². The molecule has 0 amide bonds. The highest BCUT2D eigenvalue weighted by Crippen LogP contribution is 2.16. The number of piperidine rings is 1. The van der Waals surface area contributed by atoms with Crippen molar-refractivity contribution in [3.05, 3.63) is 35.1 Å². The standard InChI is InChI=1S/C20H33FN4.HI/c1-4-10-25-11-8-17(9-12-25)14-23-20(22-5-2)24-15-18-6-7-19(21)16(3)13-18;/h6-7,13,17H,4-5,8-12,14-15H2,1-3H3,(H2,22,23,24);1H. The van der Waals surface area contributed by atoms with Gasteiger partial charge in [-0.25, -0.2) is 9.38 Å². The van der Waals surface area contributed by atoms with Crippen LogP contribution in [0.1, 0.15) is 44.2 Å². The Morgan fingerprint density at radius 2 is 1.96 bits per heavy atom. The van der Waals surface area contributed by atoms with E-state index in [0.717, 1.165) is 24.6 Å². The quantitative estimate of drug-likeness (QED) is 0.356. The van der Waals surface area contributed by atoms with Crippen molar-refractivity contribution < 1.29 is 4.39 Å². The Morgan fingerprint density at radius 1 is 1.23 bits per heavy atom. The van der Waals surface area contributed by atoms with E-state index in [9.17, 15) is 4.39 Å². The van der Waals surface area contributed by atoms with Crippen LogP contribution in [0.2, 0.25) is 0 Å². The number of guanidine groups is 1. The highest BCUT2D eigenvalue weighted by Gasteiger charge is 2.18. The third kappa shape index (κ3) is 7.78. The molecule has 2 rings (SSSR count). The Kier molecular flexibility index (Phi) is 11.1. The number of rotatable bonds is 7. The van der Waals surface area contributed by atoms with Gasteiger partial charge in [-0.3, -0.25) is 0 Å². The van der Waals surface area contributed by atoms with Gasteiger partial charge in [-0.15, -0.1) is 24.0 Å². The van der Waals surface area contributed by atoms with Crippen molar-refractivity contribution in [2.24, 2.45) is 10.9 Å². The molecule has 0 unspecified atom stereocenters. The van der Waals surface area contributed by atoms with Crippen LogP contribution in [0.25, 0.3) is 0 Å². The number of nitrogens with zero attached hydrogens (tertiary/aromatic N) is 2. The first-order valence-electron chi connectivity index (χ1n) is 9.62. The van der Waals surface area contributed by atoms with E-state index in [1.54, 1.807) is 13.0 Å². The van der Waals surface area contributed by atoms with Crippen molar-refractivity contribution in [3.63, 3.8) is 0 Å². The molecule has 1 fully saturated rings. The molecule has 1 heterocycles. The van der Waals surface area contributed by atoms with E-state index >= 15 is 0 Å². The van der Waals surface area contributed by atoms with Gasteiger partial charge in [0.2, 0.25) is 0 Å². The van der Waals surface area contributed by atoms with Gasteiger partial charge < -0.3 is 15.5 Å². The van der Waals surface area contributed by atoms with Gasteiger partial charge in [-0.1, -0.05) is 19.1 Å². The second-order valence-corrected chi connectivity index (χ2v) is 6.94. The molecule has 0 radical (unpaired) electrons. The molecule has 0 spiro atoms. The zero-order chi connectivity index (χ0) is 18.1. The third-order valence-electron chi connectivity index (χ3n) is 4.79. The first-order valence-corrected chi connectivity index (χ1v) is 9.62. The van der Waals surface area contributed by atoms with Gasteiger partial charge in [-0.05, 0) is 75.9 Å². The summed E-state index contributed by atoms with van der Waals surface area (Å²) in [4.78, 5) is 7.21. The van der Waals surface area contributed by atoms with Crippen LogP contribution < -0.4 is 10.6 Å². The predicted octanol–water partition coefficient (Wildman–Crippen LogP) is 3.93. The largest absolute Gasteiger partial charge is 0.357 e. The summed E-state index contributed by atoms with van der Waals surface area (Å²) in [5.74, 6) is 1.40. The van der Waals surface area contributed by atoms with E-state index in [2.05, 4.69) is 34.4 Å². The summed E-state index contributed by atoms with van der Waals surface area (Å²) in [5, 5.41) is 6.78. The Morgan fingerprint density at radius 3 is 2.58 bits per heavy atom. The Labute approximate surface area is 175 Å². The van der Waals surface area contributed by atoms with Crippen LogP contribution in [-0.2, 0) is 6.54 Å². The SMILES string of the molecule is CCCN1CCC(CNC(=NCc2ccc(F)c(C)c2)NCC)CC1.I. The van der Waals surface area contributed by atoms with Crippen molar-refractivity contribution in [2.45, 2.75) is 46.6 Å². The maximum Gasteiger partial charge on any atom is 0.191 e. The highest BCUT2D eigenvalue weighted by molar-refractivity contribution is 14.0. The maximum absolute atomic E-state index is 13.4. The fourth-order valence-corrected chi connectivity index (χ4v) is 3.29. The molecular formula is C20H34FIN4. The Hall–Kier alpha value is -0.890. The molecule has 0 bridgehead atoms. The molecule has 26 heavy (non-hydrogen) atoms. The van der Waals surface area contributed by atoms with E-state index in [-0.39, 0.29) is 29.8 Å². The van der Waals surface area contributed by atoms with Crippen molar-refractivity contribution in [3.8, 4) is 0 Å². The normalized spacial score (nSPS) is 16.2. The van der Waals surface area contributed by atoms with Gasteiger partial charge in [0, 0.05) is 13.1 Å². The summed E-state index contributed by atoms with van der Waals surface area (Å²) >= 11 is 0. The van der Waals surface area contributed by atoms with E-state index < -0.39 is 0 Å². The number of halogens is 2. The minimum absolute atomic E-state index is 0. The lowest BCUT2D eigenvalue weighted by atomic mass is 9.97. The second-order valence-electron chi connectivity index (χ2n) is 6.94. The van der Waals surface area contributed by atoms with Crippen molar-refractivity contribution >= 4 is 29.9 Å². The summed E-state index contributed by atoms with van der Waals surface area (Å²) in [6.07, 6.45) is 3.75. The van der Waals surface area contributed by atoms with Crippen LogP contribution in [0.4, 0.5) is 4.39 Å². The lowest BCUT2D eigenvalue weighted by molar-refractivity contribution is 0.185. The first kappa shape index (κ1) is 23.1. The van der Waals surface area contributed by atoms with E-state index in [1.807, 2.05) is 6.07 Å². The molecule has 0 aromatic heterocycles. The second kappa shape index (κ2) is 12.5. The topological polar surface area (TPSA) is 39.7 Å². The average molecular weight is 476 g/mol. The number of aryl methyl sites for hydroxylation is 1. The number of hydrogen-bond donors (Lipinski definition) is 2. The monoisotopic (exact) mass is 476 g/mol. The summed E-state index contributed by atoms with van der Waals surface area (Å²) < 4.78 is 13.4. The van der Waals surface area contributed by atoms with Crippen LogP contribution in [0.15, 0.2) is 23.2 Å². The molecule has 1 aliphatic heterocycles. The molecule has 0 saturated carbocycles. The number of likely N-dealkylation sites (tertiary alicyclic amines) is 1. The fraction of sp³-hybridized carbons (Fsp3) is 0.650.